The fourth-order valence-corrected chi connectivity index (χ4v) is 4.68. The maximum Gasteiger partial charge on any atom is 0.146 e. The van der Waals surface area contributed by atoms with Crippen molar-refractivity contribution >= 4 is 16.6 Å². The van der Waals surface area contributed by atoms with E-state index in [0.717, 1.165) is 38.9 Å². The van der Waals surface area contributed by atoms with Gasteiger partial charge >= 0.3 is 0 Å². The van der Waals surface area contributed by atoms with E-state index in [0.29, 0.717) is 35.8 Å². The van der Waals surface area contributed by atoms with Crippen molar-refractivity contribution in [1.82, 2.24) is 9.55 Å². The number of aromatic nitrogens is 2. The molecule has 1 aromatic heterocycles. The Bertz CT molecular complexity index is 1510. The number of ether oxygens (including phenoxy) is 3. The van der Waals surface area contributed by atoms with Gasteiger partial charge in [-0.2, -0.15) is 5.26 Å². The van der Waals surface area contributed by atoms with Crippen LogP contribution in [0.5, 0.6) is 11.5 Å². The number of nitrogens with zero attached hydrogens (tertiary/aromatic N) is 3. The Morgan fingerprint density at radius 2 is 1.97 bits per heavy atom. The summed E-state index contributed by atoms with van der Waals surface area (Å²) in [5.74, 6) is 0.767. The van der Waals surface area contributed by atoms with E-state index in [4.69, 9.17) is 14.2 Å². The summed E-state index contributed by atoms with van der Waals surface area (Å²) < 4.78 is 32.9. The zero-order chi connectivity index (χ0) is 24.5. The number of hydrogen-bond acceptors (Lipinski definition) is 5. The molecule has 0 saturated heterocycles. The maximum absolute atomic E-state index is 13.9. The van der Waals surface area contributed by atoms with Crippen LogP contribution in [0.1, 0.15) is 34.7 Å². The Hall–Kier alpha value is -4.15. The molecule has 1 aliphatic rings. The lowest BCUT2D eigenvalue weighted by Crippen LogP contribution is -2.04. The smallest absolute Gasteiger partial charge is 0.146 e. The molecule has 0 spiro atoms. The molecular formula is C28H24FN3O3. The fraction of sp³-hybridized carbons (Fsp3) is 0.214. The molecule has 3 aromatic carbocycles. The molecule has 7 heteroatoms. The van der Waals surface area contributed by atoms with Gasteiger partial charge < -0.3 is 18.8 Å². The summed E-state index contributed by atoms with van der Waals surface area (Å²) in [4.78, 5) is 4.59. The molecule has 0 atom stereocenters. The van der Waals surface area contributed by atoms with Crippen molar-refractivity contribution in [2.45, 2.75) is 26.7 Å². The molecule has 0 bridgehead atoms. The maximum atomic E-state index is 13.9. The molecule has 0 fully saturated rings. The van der Waals surface area contributed by atoms with Crippen LogP contribution < -0.4 is 9.47 Å². The normalized spacial score (nSPS) is 13.9. The Morgan fingerprint density at radius 1 is 1.14 bits per heavy atom. The Kier molecular flexibility index (Phi) is 5.98. The molecular weight excluding hydrogens is 445 g/mol. The number of benzene rings is 3. The molecule has 6 nitrogen and oxygen atoms in total. The monoisotopic (exact) mass is 469 g/mol. The molecule has 0 amide bonds. The van der Waals surface area contributed by atoms with Gasteiger partial charge in [-0.15, -0.1) is 0 Å². The predicted molar refractivity (Wildman–Crippen MR) is 131 cm³/mol. The molecule has 0 aliphatic carbocycles. The number of rotatable bonds is 5. The van der Waals surface area contributed by atoms with E-state index in [9.17, 15) is 9.65 Å². The molecule has 0 N–H and O–H groups in total. The Morgan fingerprint density at radius 3 is 2.74 bits per heavy atom. The summed E-state index contributed by atoms with van der Waals surface area (Å²) in [6.07, 6.45) is 1.80. The van der Waals surface area contributed by atoms with E-state index in [-0.39, 0.29) is 12.4 Å². The second kappa shape index (κ2) is 9.24. The van der Waals surface area contributed by atoms with E-state index in [2.05, 4.69) is 21.7 Å². The number of allylic oxidation sites excluding steroid dienone is 1. The Labute approximate surface area is 202 Å². The first kappa shape index (κ1) is 22.6. The second-order valence-corrected chi connectivity index (χ2v) is 8.46. The summed E-state index contributed by atoms with van der Waals surface area (Å²) in [7, 11) is 3.30. The third-order valence-corrected chi connectivity index (χ3v) is 6.26. The van der Waals surface area contributed by atoms with Gasteiger partial charge in [-0.25, -0.2) is 9.37 Å². The molecule has 5 rings (SSSR count). The van der Waals surface area contributed by atoms with E-state index >= 15 is 0 Å². The molecule has 35 heavy (non-hydrogen) atoms. The molecule has 0 unspecified atom stereocenters. The van der Waals surface area contributed by atoms with Gasteiger partial charge in [-0.1, -0.05) is 18.2 Å². The van der Waals surface area contributed by atoms with Gasteiger partial charge in [0.2, 0.25) is 0 Å². The number of methoxy groups -OCH3 is 2. The van der Waals surface area contributed by atoms with Crippen LogP contribution in [-0.2, 0) is 24.5 Å². The van der Waals surface area contributed by atoms with Crippen LogP contribution in [0, 0.1) is 17.1 Å². The van der Waals surface area contributed by atoms with Crippen molar-refractivity contribution < 1.29 is 18.6 Å². The van der Waals surface area contributed by atoms with Gasteiger partial charge in [0.05, 0.1) is 31.6 Å². The highest BCUT2D eigenvalue weighted by Gasteiger charge is 2.22. The average molecular weight is 470 g/mol. The molecule has 2 heterocycles. The lowest BCUT2D eigenvalue weighted by Gasteiger charge is -2.14. The van der Waals surface area contributed by atoms with Crippen molar-refractivity contribution in [1.29, 1.82) is 5.26 Å². The van der Waals surface area contributed by atoms with Gasteiger partial charge in [0.1, 0.15) is 29.4 Å². The minimum absolute atomic E-state index is 0.273. The summed E-state index contributed by atoms with van der Waals surface area (Å²) in [5, 5.41) is 9.67. The zero-order valence-corrected chi connectivity index (χ0v) is 19.8. The average Bonchev–Trinajstić information content (AvgIpc) is 3.21. The standard InChI is InChI=1S/C28H24FN3O3/c1-17(12-30)26-22-7-4-18(10-20(22)15-35-25-11-21(29)6-8-23(25)26)13-32-16-31-27-24(34-3)9-5-19(14-33-2)28(27)32/h4-11,16H,13-15H2,1-3H3/b26-17-. The van der Waals surface area contributed by atoms with Gasteiger partial charge in [-0.3, -0.25) is 0 Å². The first-order valence-corrected chi connectivity index (χ1v) is 11.2. The fourth-order valence-electron chi connectivity index (χ4n) is 4.68. The summed E-state index contributed by atoms with van der Waals surface area (Å²) >= 11 is 0. The first-order valence-electron chi connectivity index (χ1n) is 11.2. The van der Waals surface area contributed by atoms with E-state index in [1.165, 1.54) is 12.1 Å². The quantitative estimate of drug-likeness (QED) is 0.355. The van der Waals surface area contributed by atoms with Crippen LogP contribution in [0.2, 0.25) is 0 Å². The van der Waals surface area contributed by atoms with E-state index < -0.39 is 0 Å². The van der Waals surface area contributed by atoms with Crippen molar-refractivity contribution in [3.05, 3.63) is 94.1 Å². The van der Waals surface area contributed by atoms with Crippen LogP contribution >= 0.6 is 0 Å². The zero-order valence-electron chi connectivity index (χ0n) is 19.8. The highest BCUT2D eigenvalue weighted by Crippen LogP contribution is 2.39. The minimum atomic E-state index is -0.376. The van der Waals surface area contributed by atoms with Gasteiger partial charge in [0, 0.05) is 42.0 Å². The molecule has 0 radical (unpaired) electrons. The number of hydrogen-bond donors (Lipinski definition) is 0. The first-order chi connectivity index (χ1) is 17.0. The van der Waals surface area contributed by atoms with Gasteiger partial charge in [0.25, 0.3) is 0 Å². The van der Waals surface area contributed by atoms with E-state index in [1.807, 2.05) is 24.3 Å². The van der Waals surface area contributed by atoms with E-state index in [1.54, 1.807) is 33.5 Å². The van der Waals surface area contributed by atoms with Crippen LogP contribution in [0.3, 0.4) is 0 Å². The second-order valence-electron chi connectivity index (χ2n) is 8.46. The Balaban J connectivity index is 1.58. The summed E-state index contributed by atoms with van der Waals surface area (Å²) in [6, 6.07) is 16.7. The topological polar surface area (TPSA) is 69.3 Å². The van der Waals surface area contributed by atoms with Gasteiger partial charge in [-0.05, 0) is 47.9 Å². The number of fused-ring (bicyclic) bond motifs is 3. The highest BCUT2D eigenvalue weighted by atomic mass is 19.1. The minimum Gasteiger partial charge on any atom is -0.494 e. The third-order valence-electron chi connectivity index (χ3n) is 6.26. The SMILES string of the molecule is COCc1ccc(OC)c2ncn(Cc3ccc4c(c3)COc3cc(F)ccc3/C4=C(/C)C#N)c12. The van der Waals surface area contributed by atoms with Crippen LogP contribution in [0.4, 0.5) is 4.39 Å². The third kappa shape index (κ3) is 4.02. The number of nitriles is 1. The van der Waals surface area contributed by atoms with Crippen molar-refractivity contribution in [2.24, 2.45) is 0 Å². The summed E-state index contributed by atoms with van der Waals surface area (Å²) in [5.41, 5.74) is 7.69. The largest absolute Gasteiger partial charge is 0.494 e. The highest BCUT2D eigenvalue weighted by molar-refractivity contribution is 5.88. The number of imidazole rings is 1. The summed E-state index contributed by atoms with van der Waals surface area (Å²) in [6.45, 7) is 3.08. The van der Waals surface area contributed by atoms with Crippen LogP contribution in [-0.4, -0.2) is 23.8 Å². The van der Waals surface area contributed by atoms with Crippen molar-refractivity contribution in [3.8, 4) is 17.6 Å². The molecule has 0 saturated carbocycles. The number of halogens is 1. The molecule has 176 valence electrons. The molecule has 4 aromatic rings. The lowest BCUT2D eigenvalue weighted by atomic mass is 9.90. The van der Waals surface area contributed by atoms with Gasteiger partial charge in [0.15, 0.2) is 0 Å². The predicted octanol–water partition coefficient (Wildman–Crippen LogP) is 5.62. The van der Waals surface area contributed by atoms with Crippen molar-refractivity contribution in [3.63, 3.8) is 0 Å². The van der Waals surface area contributed by atoms with Crippen molar-refractivity contribution in [2.75, 3.05) is 14.2 Å². The van der Waals surface area contributed by atoms with Crippen LogP contribution in [0.25, 0.3) is 16.6 Å². The lowest BCUT2D eigenvalue weighted by molar-refractivity contribution is 0.185. The molecule has 1 aliphatic heterocycles. The van der Waals surface area contributed by atoms with Crippen LogP contribution in [0.15, 0.2) is 60.4 Å².